The van der Waals surface area contributed by atoms with Crippen molar-refractivity contribution in [3.63, 3.8) is 0 Å². The van der Waals surface area contributed by atoms with E-state index in [0.717, 1.165) is 0 Å². The standard InChI is InChI=1S/C19H26N4O5S/c1-26-10-9-22-29(24,25)16-6-4-5-14(11-16)13-21-19(20)23-15-7-8-17(27-2)18(12-15)28-3/h4-8,11-12,22H,9-10,13H2,1-3H3,(H3,20,21,23). The molecule has 0 atom stereocenters. The van der Waals surface area contributed by atoms with Crippen LogP contribution in [0.25, 0.3) is 0 Å². The highest BCUT2D eigenvalue weighted by atomic mass is 32.2. The number of nitrogens with two attached hydrogens (primary N) is 1. The lowest BCUT2D eigenvalue weighted by atomic mass is 10.2. The Morgan fingerprint density at radius 1 is 1.07 bits per heavy atom. The van der Waals surface area contributed by atoms with Gasteiger partial charge in [-0.2, -0.15) is 0 Å². The SMILES string of the molecule is COCCNS(=O)(=O)c1cccc(CN=C(N)Nc2ccc(OC)c(OC)c2)c1. The van der Waals surface area contributed by atoms with Gasteiger partial charge in [0.25, 0.3) is 0 Å². The predicted molar refractivity (Wildman–Crippen MR) is 112 cm³/mol. The van der Waals surface area contributed by atoms with E-state index in [1.54, 1.807) is 50.6 Å². The van der Waals surface area contributed by atoms with Crippen LogP contribution in [0, 0.1) is 0 Å². The first-order valence-corrected chi connectivity index (χ1v) is 10.2. The van der Waals surface area contributed by atoms with Crippen LogP contribution in [0.4, 0.5) is 5.69 Å². The van der Waals surface area contributed by atoms with Crippen molar-refractivity contribution in [1.29, 1.82) is 0 Å². The van der Waals surface area contributed by atoms with Gasteiger partial charge in [0.2, 0.25) is 10.0 Å². The van der Waals surface area contributed by atoms with E-state index >= 15 is 0 Å². The first-order valence-electron chi connectivity index (χ1n) is 8.76. The van der Waals surface area contributed by atoms with Gasteiger partial charge in [-0.25, -0.2) is 18.1 Å². The third-order valence-corrected chi connectivity index (χ3v) is 5.35. The summed E-state index contributed by atoms with van der Waals surface area (Å²) in [5, 5.41) is 2.97. The molecule has 0 radical (unpaired) electrons. The molecule has 0 heterocycles. The molecular weight excluding hydrogens is 396 g/mol. The zero-order valence-corrected chi connectivity index (χ0v) is 17.5. The van der Waals surface area contributed by atoms with E-state index in [1.807, 2.05) is 0 Å². The zero-order chi connectivity index (χ0) is 21.3. The maximum atomic E-state index is 12.3. The largest absolute Gasteiger partial charge is 0.493 e. The number of rotatable bonds is 10. The molecule has 0 bridgehead atoms. The Balaban J connectivity index is 2.06. The van der Waals surface area contributed by atoms with Gasteiger partial charge in [0.15, 0.2) is 17.5 Å². The van der Waals surface area contributed by atoms with Gasteiger partial charge in [0.1, 0.15) is 0 Å². The van der Waals surface area contributed by atoms with E-state index in [9.17, 15) is 8.42 Å². The number of hydrogen-bond donors (Lipinski definition) is 3. The van der Waals surface area contributed by atoms with Gasteiger partial charge in [-0.05, 0) is 29.8 Å². The van der Waals surface area contributed by atoms with E-state index in [0.29, 0.717) is 29.4 Å². The summed E-state index contributed by atoms with van der Waals surface area (Å²) in [5.74, 6) is 1.35. The Bertz CT molecular complexity index is 947. The van der Waals surface area contributed by atoms with Crippen LogP contribution in [0.5, 0.6) is 11.5 Å². The number of nitrogens with one attached hydrogen (secondary N) is 2. The molecule has 2 aromatic carbocycles. The second-order valence-corrected chi connectivity index (χ2v) is 7.70. The van der Waals surface area contributed by atoms with Crippen LogP contribution >= 0.6 is 0 Å². The smallest absolute Gasteiger partial charge is 0.240 e. The molecule has 158 valence electrons. The fourth-order valence-corrected chi connectivity index (χ4v) is 3.53. The molecule has 9 nitrogen and oxygen atoms in total. The zero-order valence-electron chi connectivity index (χ0n) is 16.6. The molecule has 2 rings (SSSR count). The number of benzene rings is 2. The molecule has 0 saturated heterocycles. The summed E-state index contributed by atoms with van der Waals surface area (Å²) in [6, 6.07) is 11.8. The number of guanidine groups is 1. The summed E-state index contributed by atoms with van der Waals surface area (Å²) in [4.78, 5) is 4.42. The van der Waals surface area contributed by atoms with Crippen LogP contribution in [0.15, 0.2) is 52.4 Å². The molecule has 0 aliphatic carbocycles. The van der Waals surface area contributed by atoms with Crippen molar-refractivity contribution >= 4 is 21.7 Å². The van der Waals surface area contributed by atoms with Crippen molar-refractivity contribution in [2.45, 2.75) is 11.4 Å². The number of nitrogens with zero attached hydrogens (tertiary/aromatic N) is 1. The van der Waals surface area contributed by atoms with Gasteiger partial charge in [0.05, 0.1) is 32.3 Å². The minimum atomic E-state index is -3.61. The highest BCUT2D eigenvalue weighted by molar-refractivity contribution is 7.89. The maximum Gasteiger partial charge on any atom is 0.240 e. The minimum Gasteiger partial charge on any atom is -0.493 e. The molecule has 10 heteroatoms. The molecule has 29 heavy (non-hydrogen) atoms. The topological polar surface area (TPSA) is 124 Å². The van der Waals surface area contributed by atoms with Gasteiger partial charge in [-0.15, -0.1) is 0 Å². The van der Waals surface area contributed by atoms with Crippen molar-refractivity contribution in [1.82, 2.24) is 4.72 Å². The van der Waals surface area contributed by atoms with E-state index in [2.05, 4.69) is 15.0 Å². The van der Waals surface area contributed by atoms with Crippen LogP contribution in [0.1, 0.15) is 5.56 Å². The van der Waals surface area contributed by atoms with Crippen LogP contribution in [0.3, 0.4) is 0 Å². The molecular formula is C19H26N4O5S. The van der Waals surface area contributed by atoms with Crippen molar-refractivity contribution in [3.05, 3.63) is 48.0 Å². The Labute approximate surface area is 170 Å². The Hall–Kier alpha value is -2.82. The fraction of sp³-hybridized carbons (Fsp3) is 0.316. The Morgan fingerprint density at radius 3 is 2.52 bits per heavy atom. The van der Waals surface area contributed by atoms with Crippen LogP contribution in [-0.2, 0) is 21.3 Å². The monoisotopic (exact) mass is 422 g/mol. The van der Waals surface area contributed by atoms with Crippen LogP contribution in [0.2, 0.25) is 0 Å². The number of aliphatic imine (C=N–C) groups is 1. The Kier molecular flexibility index (Phi) is 8.25. The molecule has 0 fully saturated rings. The average molecular weight is 423 g/mol. The summed E-state index contributed by atoms with van der Waals surface area (Å²) in [6.45, 7) is 0.707. The minimum absolute atomic E-state index is 0.160. The highest BCUT2D eigenvalue weighted by Crippen LogP contribution is 2.29. The quantitative estimate of drug-likeness (QED) is 0.301. The number of sulfonamides is 1. The van der Waals surface area contributed by atoms with Gasteiger partial charge < -0.3 is 25.3 Å². The third kappa shape index (κ3) is 6.63. The number of ether oxygens (including phenoxy) is 3. The first-order chi connectivity index (χ1) is 13.9. The molecule has 0 amide bonds. The maximum absolute atomic E-state index is 12.3. The number of anilines is 1. The van der Waals surface area contributed by atoms with Gasteiger partial charge >= 0.3 is 0 Å². The lowest BCUT2D eigenvalue weighted by Gasteiger charge is -2.11. The van der Waals surface area contributed by atoms with Crippen molar-refractivity contribution in [2.24, 2.45) is 10.7 Å². The van der Waals surface area contributed by atoms with E-state index < -0.39 is 10.0 Å². The van der Waals surface area contributed by atoms with E-state index in [1.165, 1.54) is 13.2 Å². The molecule has 0 spiro atoms. The normalized spacial score (nSPS) is 11.9. The number of hydrogen-bond acceptors (Lipinski definition) is 6. The molecule has 2 aromatic rings. The van der Waals surface area contributed by atoms with Crippen LogP contribution < -0.4 is 25.2 Å². The highest BCUT2D eigenvalue weighted by Gasteiger charge is 2.13. The summed E-state index contributed by atoms with van der Waals surface area (Å²) in [6.07, 6.45) is 0. The lowest BCUT2D eigenvalue weighted by molar-refractivity contribution is 0.204. The molecule has 0 saturated carbocycles. The third-order valence-electron chi connectivity index (χ3n) is 3.89. The summed E-state index contributed by atoms with van der Waals surface area (Å²) < 4.78 is 42.4. The van der Waals surface area contributed by atoms with Crippen LogP contribution in [-0.4, -0.2) is 48.9 Å². The molecule has 0 aliphatic heterocycles. The van der Waals surface area contributed by atoms with Gasteiger partial charge in [-0.3, -0.25) is 0 Å². The Morgan fingerprint density at radius 2 is 1.83 bits per heavy atom. The van der Waals surface area contributed by atoms with E-state index in [-0.39, 0.29) is 23.9 Å². The molecule has 0 aromatic heterocycles. The van der Waals surface area contributed by atoms with E-state index in [4.69, 9.17) is 19.9 Å². The predicted octanol–water partition coefficient (Wildman–Crippen LogP) is 1.56. The second-order valence-electron chi connectivity index (χ2n) is 5.93. The molecule has 0 aliphatic rings. The lowest BCUT2D eigenvalue weighted by Crippen LogP contribution is -2.27. The summed E-state index contributed by atoms with van der Waals surface area (Å²) >= 11 is 0. The molecule has 0 unspecified atom stereocenters. The fourth-order valence-electron chi connectivity index (χ4n) is 2.45. The van der Waals surface area contributed by atoms with Crippen molar-refractivity contribution < 1.29 is 22.6 Å². The van der Waals surface area contributed by atoms with Crippen molar-refractivity contribution in [2.75, 3.05) is 39.8 Å². The summed E-state index contributed by atoms with van der Waals surface area (Å²) in [5.41, 5.74) is 7.33. The number of methoxy groups -OCH3 is 3. The van der Waals surface area contributed by atoms with Gasteiger partial charge in [-0.1, -0.05) is 12.1 Å². The molecule has 4 N–H and O–H groups in total. The van der Waals surface area contributed by atoms with Gasteiger partial charge in [0, 0.05) is 25.4 Å². The second kappa shape index (κ2) is 10.6. The summed E-state index contributed by atoms with van der Waals surface area (Å²) in [7, 11) is 1.00. The van der Waals surface area contributed by atoms with Crippen molar-refractivity contribution in [3.8, 4) is 11.5 Å². The average Bonchev–Trinajstić information content (AvgIpc) is 2.72. The first kappa shape index (κ1) is 22.5.